The lowest BCUT2D eigenvalue weighted by molar-refractivity contribution is -0.145. The molecule has 2 aromatic rings. The van der Waals surface area contributed by atoms with Crippen molar-refractivity contribution in [3.8, 4) is 0 Å². The summed E-state index contributed by atoms with van der Waals surface area (Å²) in [6, 6.07) is 2.42. The number of piperidine rings is 1. The first-order valence-corrected chi connectivity index (χ1v) is 23.3. The van der Waals surface area contributed by atoms with Gasteiger partial charge in [0.15, 0.2) is 9.84 Å². The molecule has 3 saturated heterocycles. The van der Waals surface area contributed by atoms with Crippen molar-refractivity contribution in [1.82, 2.24) is 34.8 Å². The zero-order valence-corrected chi connectivity index (χ0v) is 34.6. The van der Waals surface area contributed by atoms with Gasteiger partial charge in [-0.25, -0.2) is 21.5 Å². The maximum absolute atomic E-state index is 14.9. The number of sulfone groups is 1. The van der Waals surface area contributed by atoms with Crippen molar-refractivity contribution in [2.75, 3.05) is 31.1 Å². The molecule has 20 heteroatoms. The molecule has 1 saturated carbocycles. The number of hydrogen-bond acceptors (Lipinski definition) is 12. The van der Waals surface area contributed by atoms with E-state index in [1.807, 2.05) is 0 Å². The minimum atomic E-state index is -3.75. The fourth-order valence-electron chi connectivity index (χ4n) is 8.74. The number of likely N-dealkylation sites (tertiary alicyclic amines) is 1. The van der Waals surface area contributed by atoms with Crippen LogP contribution < -0.4 is 16.4 Å². The average molecular weight is 847 g/mol. The highest BCUT2D eigenvalue weighted by atomic mass is 32.2. The molecule has 58 heavy (non-hydrogen) atoms. The van der Waals surface area contributed by atoms with Crippen molar-refractivity contribution in [3.05, 3.63) is 41.7 Å². The van der Waals surface area contributed by atoms with Gasteiger partial charge in [0.25, 0.3) is 11.8 Å². The largest absolute Gasteiger partial charge is 0.384 e. The van der Waals surface area contributed by atoms with Crippen molar-refractivity contribution in [3.63, 3.8) is 0 Å². The number of benzene rings is 1. The van der Waals surface area contributed by atoms with Gasteiger partial charge in [-0.05, 0) is 76.1 Å². The molecule has 1 aromatic carbocycles. The normalized spacial score (nSPS) is 23.5. The standard InChI is InChI=1S/C38H54N8O10S2/c1-37(2,52)31-23-40-43-46(31)27-22-30(35(50)42-38(32(47)33(39)48)15-19-57(53,54)20-16-38)45(24-27)36(51)29(21-25-9-5-3-6-10-25)41-34(49)26-11-13-28(14-12-26)58(55,56)44-17-7-4-8-18-44/h11-14,23,25,27,29-30,52H,3-10,15-22,24H2,1-2H3,(H2,39,48)(H,41,49)(H,42,50)/t27?,29-,30?/m1/s1. The van der Waals surface area contributed by atoms with E-state index in [-0.39, 0.29) is 35.8 Å². The van der Waals surface area contributed by atoms with Gasteiger partial charge in [0.2, 0.25) is 27.6 Å². The van der Waals surface area contributed by atoms with Gasteiger partial charge in [-0.15, -0.1) is 5.10 Å². The van der Waals surface area contributed by atoms with Crippen LogP contribution in [0.3, 0.4) is 0 Å². The first kappa shape index (κ1) is 43.3. The van der Waals surface area contributed by atoms with Crippen molar-refractivity contribution >= 4 is 49.3 Å². The van der Waals surface area contributed by atoms with E-state index in [0.29, 0.717) is 18.8 Å². The molecule has 0 radical (unpaired) electrons. The molecular formula is C38H54N8O10S2. The Bertz CT molecular complexity index is 2090. The van der Waals surface area contributed by atoms with Gasteiger partial charge in [-0.3, -0.25) is 24.0 Å². The van der Waals surface area contributed by atoms with E-state index in [4.69, 9.17) is 5.73 Å². The molecule has 0 spiro atoms. The Balaban J connectivity index is 1.31. The van der Waals surface area contributed by atoms with Crippen LogP contribution in [-0.2, 0) is 44.6 Å². The Morgan fingerprint density at radius 2 is 1.60 bits per heavy atom. The highest BCUT2D eigenvalue weighted by molar-refractivity contribution is 7.91. The Labute approximate surface area is 338 Å². The number of carbonyl (C=O) groups excluding carboxylic acids is 5. The second kappa shape index (κ2) is 17.1. The molecule has 4 fully saturated rings. The van der Waals surface area contributed by atoms with Gasteiger partial charge in [-0.1, -0.05) is 43.7 Å². The minimum absolute atomic E-state index is 0.0550. The maximum atomic E-state index is 14.9. The molecule has 1 aromatic heterocycles. The number of ketones is 1. The summed E-state index contributed by atoms with van der Waals surface area (Å²) in [7, 11) is -7.31. The predicted molar refractivity (Wildman–Crippen MR) is 209 cm³/mol. The lowest BCUT2D eigenvalue weighted by Crippen LogP contribution is -2.64. The van der Waals surface area contributed by atoms with Crippen LogP contribution in [0, 0.1) is 5.92 Å². The van der Waals surface area contributed by atoms with Crippen LogP contribution in [0.25, 0.3) is 0 Å². The number of sulfonamides is 1. The van der Waals surface area contributed by atoms with Gasteiger partial charge < -0.3 is 26.4 Å². The third-order valence-corrected chi connectivity index (χ3v) is 15.6. The van der Waals surface area contributed by atoms with E-state index in [2.05, 4.69) is 20.9 Å². The van der Waals surface area contributed by atoms with Crippen molar-refractivity contribution in [1.29, 1.82) is 0 Å². The van der Waals surface area contributed by atoms with Crippen LogP contribution in [0.4, 0.5) is 0 Å². The molecule has 2 unspecified atom stereocenters. The first-order valence-electron chi connectivity index (χ1n) is 20.0. The van der Waals surface area contributed by atoms with E-state index in [1.165, 1.54) is 58.2 Å². The van der Waals surface area contributed by atoms with Crippen LogP contribution in [0.15, 0.2) is 35.4 Å². The molecule has 18 nitrogen and oxygen atoms in total. The molecule has 318 valence electrons. The van der Waals surface area contributed by atoms with Gasteiger partial charge in [0.1, 0.15) is 23.2 Å². The monoisotopic (exact) mass is 846 g/mol. The molecule has 4 amide bonds. The molecular weight excluding hydrogens is 793 g/mol. The summed E-state index contributed by atoms with van der Waals surface area (Å²) in [5.74, 6) is -5.43. The van der Waals surface area contributed by atoms with Crippen LogP contribution in [-0.4, -0.2) is 124 Å². The SMILES string of the molecule is CC(C)(O)c1cnnn1C1CC(C(=O)NC2(C(=O)C(N)=O)CCS(=O)(=O)CC2)N(C(=O)[C@@H](CC2CCCCC2)NC(=O)c2ccc(S(=O)(=O)N3CCCCC3)cc2)C1. The summed E-state index contributed by atoms with van der Waals surface area (Å²) < 4.78 is 54.1. The number of Topliss-reactive ketones (excluding diaryl/α,β-unsaturated/α-hetero) is 1. The maximum Gasteiger partial charge on any atom is 0.287 e. The quantitative estimate of drug-likeness (QED) is 0.203. The lowest BCUT2D eigenvalue weighted by atomic mass is 9.84. The number of nitrogens with zero attached hydrogens (tertiary/aromatic N) is 5. The van der Waals surface area contributed by atoms with E-state index in [0.717, 1.165) is 51.4 Å². The Morgan fingerprint density at radius 3 is 2.21 bits per heavy atom. The van der Waals surface area contributed by atoms with E-state index >= 15 is 0 Å². The summed E-state index contributed by atoms with van der Waals surface area (Å²) in [4.78, 5) is 70.0. The number of primary amides is 1. The van der Waals surface area contributed by atoms with Crippen LogP contribution in [0.5, 0.6) is 0 Å². The molecule has 3 aliphatic heterocycles. The van der Waals surface area contributed by atoms with Gasteiger partial charge in [0, 0.05) is 31.6 Å². The third-order valence-electron chi connectivity index (χ3n) is 12.1. The number of nitrogens with one attached hydrogen (secondary N) is 2. The summed E-state index contributed by atoms with van der Waals surface area (Å²) >= 11 is 0. The Hall–Kier alpha value is -4.27. The average Bonchev–Trinajstić information content (AvgIpc) is 3.88. The zero-order valence-electron chi connectivity index (χ0n) is 33.0. The number of carbonyl (C=O) groups is 5. The third kappa shape index (κ3) is 9.44. The second-order valence-corrected chi connectivity index (χ2v) is 20.9. The van der Waals surface area contributed by atoms with E-state index in [9.17, 15) is 45.9 Å². The van der Waals surface area contributed by atoms with Crippen molar-refractivity contribution in [2.24, 2.45) is 11.7 Å². The first-order chi connectivity index (χ1) is 27.3. The van der Waals surface area contributed by atoms with Crippen LogP contribution in [0.2, 0.25) is 0 Å². The summed E-state index contributed by atoms with van der Waals surface area (Å²) in [6.45, 7) is 3.80. The minimum Gasteiger partial charge on any atom is -0.384 e. The molecule has 0 bridgehead atoms. The van der Waals surface area contributed by atoms with Gasteiger partial charge in [-0.2, -0.15) is 4.31 Å². The zero-order chi connectivity index (χ0) is 42.0. The number of rotatable bonds is 13. The number of hydrogen-bond donors (Lipinski definition) is 4. The number of aromatic nitrogens is 3. The van der Waals surface area contributed by atoms with Gasteiger partial charge >= 0.3 is 0 Å². The van der Waals surface area contributed by atoms with Gasteiger partial charge in [0.05, 0.1) is 34.3 Å². The number of amides is 4. The Kier molecular flexibility index (Phi) is 12.8. The molecule has 1 aliphatic carbocycles. The number of nitrogens with two attached hydrogens (primary N) is 1. The highest BCUT2D eigenvalue weighted by Gasteiger charge is 2.51. The summed E-state index contributed by atoms with van der Waals surface area (Å²) in [5.41, 5.74) is 2.49. The van der Waals surface area contributed by atoms with Crippen molar-refractivity contribution in [2.45, 2.75) is 125 Å². The molecule has 4 aliphatic rings. The fourth-order valence-corrected chi connectivity index (χ4v) is 11.8. The van der Waals surface area contributed by atoms with Crippen LogP contribution in [0.1, 0.15) is 113 Å². The molecule has 3 atom stereocenters. The second-order valence-electron chi connectivity index (χ2n) is 16.7. The van der Waals surface area contributed by atoms with Crippen LogP contribution >= 0.6 is 0 Å². The predicted octanol–water partition coefficient (Wildman–Crippen LogP) is 0.709. The smallest absolute Gasteiger partial charge is 0.287 e. The molecule has 6 rings (SSSR count). The fraction of sp³-hybridized carbons (Fsp3) is 0.658. The summed E-state index contributed by atoms with van der Waals surface area (Å²) in [5, 5.41) is 24.6. The highest BCUT2D eigenvalue weighted by Crippen LogP contribution is 2.35. The molecule has 4 heterocycles. The lowest BCUT2D eigenvalue weighted by Gasteiger charge is -2.37. The topological polar surface area (TPSA) is 261 Å². The van der Waals surface area contributed by atoms with Crippen molar-refractivity contribution < 1.29 is 45.9 Å². The van der Waals surface area contributed by atoms with E-state index in [1.54, 1.807) is 0 Å². The summed E-state index contributed by atoms with van der Waals surface area (Å²) in [6.07, 6.45) is 7.85. The number of aliphatic hydroxyl groups is 1. The van der Waals surface area contributed by atoms with E-state index < -0.39 is 103 Å². The Morgan fingerprint density at radius 1 is 0.983 bits per heavy atom. The molecule has 5 N–H and O–H groups in total.